The summed E-state index contributed by atoms with van der Waals surface area (Å²) < 4.78 is 30.9. The Bertz CT molecular complexity index is 374. The Morgan fingerprint density at radius 1 is 1.33 bits per heavy atom. The van der Waals surface area contributed by atoms with E-state index in [2.05, 4.69) is 4.90 Å². The minimum atomic E-state index is -0.858. The molecule has 3 nitrogen and oxygen atoms in total. The van der Waals surface area contributed by atoms with Gasteiger partial charge >= 0.3 is 0 Å². The van der Waals surface area contributed by atoms with E-state index in [0.29, 0.717) is 18.7 Å². The van der Waals surface area contributed by atoms with Gasteiger partial charge in [-0.05, 0) is 24.2 Å². The fraction of sp³-hybridized carbons (Fsp3) is 0.538. The third-order valence-electron chi connectivity index (χ3n) is 2.89. The van der Waals surface area contributed by atoms with E-state index in [1.807, 2.05) is 6.92 Å². The van der Waals surface area contributed by atoms with E-state index < -0.39 is 11.6 Å². The summed E-state index contributed by atoms with van der Waals surface area (Å²) >= 11 is 0. The van der Waals surface area contributed by atoms with Crippen molar-refractivity contribution in [2.45, 2.75) is 13.0 Å². The molecule has 1 aromatic carbocycles. The van der Waals surface area contributed by atoms with Crippen LogP contribution < -0.4 is 5.73 Å². The Morgan fingerprint density at radius 3 is 2.61 bits per heavy atom. The van der Waals surface area contributed by atoms with Crippen molar-refractivity contribution < 1.29 is 13.5 Å². The molecule has 1 unspecified atom stereocenters. The Morgan fingerprint density at radius 2 is 2.06 bits per heavy atom. The minimum absolute atomic E-state index is 0.336. The first kappa shape index (κ1) is 15.0. The summed E-state index contributed by atoms with van der Waals surface area (Å²) in [5, 5.41) is 0. The maximum Gasteiger partial charge on any atom is 0.159 e. The molecule has 0 saturated carbocycles. The molecule has 0 amide bonds. The van der Waals surface area contributed by atoms with Crippen molar-refractivity contribution in [3.63, 3.8) is 0 Å². The number of benzene rings is 1. The average molecular weight is 258 g/mol. The van der Waals surface area contributed by atoms with Crippen LogP contribution in [0.1, 0.15) is 18.5 Å². The van der Waals surface area contributed by atoms with Crippen LogP contribution in [0.3, 0.4) is 0 Å². The third-order valence-corrected chi connectivity index (χ3v) is 2.89. The van der Waals surface area contributed by atoms with Crippen molar-refractivity contribution in [2.24, 2.45) is 5.73 Å². The average Bonchev–Trinajstić information content (AvgIpc) is 2.37. The standard InChI is InChI=1S/C13H20F2N2O/c1-3-17(6-7-18-2)9-13(16)10-4-5-11(14)12(15)8-10/h4-5,8,13H,3,6-7,9,16H2,1-2H3. The normalized spacial score (nSPS) is 13.0. The quantitative estimate of drug-likeness (QED) is 0.812. The van der Waals surface area contributed by atoms with Crippen molar-refractivity contribution in [1.29, 1.82) is 0 Å². The number of hydrogen-bond acceptors (Lipinski definition) is 3. The molecule has 0 bridgehead atoms. The molecule has 5 heteroatoms. The summed E-state index contributed by atoms with van der Waals surface area (Å²) in [6.07, 6.45) is 0. The van der Waals surface area contributed by atoms with Crippen molar-refractivity contribution in [2.75, 3.05) is 33.4 Å². The summed E-state index contributed by atoms with van der Waals surface area (Å²) in [6, 6.07) is 3.45. The number of halogens is 2. The van der Waals surface area contributed by atoms with Crippen LogP contribution in [0.5, 0.6) is 0 Å². The van der Waals surface area contributed by atoms with Gasteiger partial charge in [0.15, 0.2) is 11.6 Å². The second-order valence-electron chi connectivity index (χ2n) is 4.17. The molecule has 0 spiro atoms. The van der Waals surface area contributed by atoms with E-state index in [0.717, 1.165) is 25.2 Å². The Balaban J connectivity index is 2.62. The van der Waals surface area contributed by atoms with E-state index >= 15 is 0 Å². The van der Waals surface area contributed by atoms with Gasteiger partial charge in [-0.15, -0.1) is 0 Å². The number of nitrogens with two attached hydrogens (primary N) is 1. The van der Waals surface area contributed by atoms with Crippen LogP contribution in [0.4, 0.5) is 8.78 Å². The number of nitrogens with zero attached hydrogens (tertiary/aromatic N) is 1. The summed E-state index contributed by atoms with van der Waals surface area (Å²) in [5.41, 5.74) is 6.59. The van der Waals surface area contributed by atoms with Crippen LogP contribution in [0.15, 0.2) is 18.2 Å². The van der Waals surface area contributed by atoms with Crippen LogP contribution in [0.25, 0.3) is 0 Å². The molecule has 0 radical (unpaired) electrons. The summed E-state index contributed by atoms with van der Waals surface area (Å²) in [7, 11) is 1.64. The summed E-state index contributed by atoms with van der Waals surface area (Å²) in [4.78, 5) is 2.11. The van der Waals surface area contributed by atoms with Crippen molar-refractivity contribution in [3.05, 3.63) is 35.4 Å². The first-order valence-electron chi connectivity index (χ1n) is 6.00. The van der Waals surface area contributed by atoms with Gasteiger partial charge in [-0.1, -0.05) is 13.0 Å². The van der Waals surface area contributed by atoms with E-state index in [9.17, 15) is 8.78 Å². The highest BCUT2D eigenvalue weighted by atomic mass is 19.2. The molecule has 2 N–H and O–H groups in total. The number of ether oxygens (including phenoxy) is 1. The zero-order valence-corrected chi connectivity index (χ0v) is 10.8. The molecule has 18 heavy (non-hydrogen) atoms. The van der Waals surface area contributed by atoms with Gasteiger partial charge in [-0.3, -0.25) is 4.90 Å². The largest absolute Gasteiger partial charge is 0.383 e. The second kappa shape index (κ2) is 7.41. The van der Waals surface area contributed by atoms with Gasteiger partial charge in [-0.2, -0.15) is 0 Å². The summed E-state index contributed by atoms with van der Waals surface area (Å²) in [5.74, 6) is -1.71. The van der Waals surface area contributed by atoms with Crippen LogP contribution in [-0.2, 0) is 4.74 Å². The van der Waals surface area contributed by atoms with Gasteiger partial charge in [0.05, 0.1) is 6.61 Å². The molecule has 0 fully saturated rings. The number of methoxy groups -OCH3 is 1. The highest BCUT2D eigenvalue weighted by Crippen LogP contribution is 2.15. The molecule has 0 heterocycles. The third kappa shape index (κ3) is 4.33. The number of likely N-dealkylation sites (N-methyl/N-ethyl adjacent to an activating group) is 1. The SMILES string of the molecule is CCN(CCOC)CC(N)c1ccc(F)c(F)c1. The Labute approximate surface area is 107 Å². The zero-order chi connectivity index (χ0) is 13.5. The van der Waals surface area contributed by atoms with Gasteiger partial charge in [0.25, 0.3) is 0 Å². The van der Waals surface area contributed by atoms with E-state index in [1.165, 1.54) is 6.07 Å². The van der Waals surface area contributed by atoms with E-state index in [4.69, 9.17) is 10.5 Å². The molecular formula is C13H20F2N2O. The lowest BCUT2D eigenvalue weighted by molar-refractivity contribution is 0.147. The zero-order valence-electron chi connectivity index (χ0n) is 10.8. The van der Waals surface area contributed by atoms with Crippen molar-refractivity contribution in [3.8, 4) is 0 Å². The highest BCUT2D eigenvalue weighted by Gasteiger charge is 2.13. The lowest BCUT2D eigenvalue weighted by Crippen LogP contribution is -2.34. The molecule has 0 aliphatic heterocycles. The van der Waals surface area contributed by atoms with Gasteiger partial charge in [0.2, 0.25) is 0 Å². The highest BCUT2D eigenvalue weighted by molar-refractivity contribution is 5.21. The molecule has 1 rings (SSSR count). The van der Waals surface area contributed by atoms with Crippen LogP contribution >= 0.6 is 0 Å². The number of rotatable bonds is 7. The number of hydrogen-bond donors (Lipinski definition) is 1. The predicted octanol–water partition coefficient (Wildman–Crippen LogP) is 1.93. The first-order chi connectivity index (χ1) is 8.58. The fourth-order valence-electron chi connectivity index (χ4n) is 1.73. The molecule has 0 aliphatic rings. The Hall–Kier alpha value is -1.04. The minimum Gasteiger partial charge on any atom is -0.383 e. The lowest BCUT2D eigenvalue weighted by Gasteiger charge is -2.24. The predicted molar refractivity (Wildman–Crippen MR) is 67.3 cm³/mol. The second-order valence-corrected chi connectivity index (χ2v) is 4.17. The Kier molecular flexibility index (Phi) is 6.18. The van der Waals surface area contributed by atoms with Gasteiger partial charge < -0.3 is 10.5 Å². The molecular weight excluding hydrogens is 238 g/mol. The van der Waals surface area contributed by atoms with Gasteiger partial charge in [0.1, 0.15) is 0 Å². The molecule has 102 valence electrons. The van der Waals surface area contributed by atoms with Crippen LogP contribution in [0, 0.1) is 11.6 Å². The van der Waals surface area contributed by atoms with Crippen molar-refractivity contribution in [1.82, 2.24) is 4.90 Å². The fourth-order valence-corrected chi connectivity index (χ4v) is 1.73. The molecule has 1 atom stereocenters. The maximum atomic E-state index is 13.1. The van der Waals surface area contributed by atoms with Gasteiger partial charge in [0, 0.05) is 26.2 Å². The first-order valence-corrected chi connectivity index (χ1v) is 6.00. The molecule has 0 aromatic heterocycles. The topological polar surface area (TPSA) is 38.5 Å². The van der Waals surface area contributed by atoms with Crippen LogP contribution in [-0.4, -0.2) is 38.3 Å². The van der Waals surface area contributed by atoms with E-state index in [-0.39, 0.29) is 6.04 Å². The summed E-state index contributed by atoms with van der Waals surface area (Å²) in [6.45, 7) is 4.84. The van der Waals surface area contributed by atoms with Gasteiger partial charge in [-0.25, -0.2) is 8.78 Å². The molecule has 0 saturated heterocycles. The van der Waals surface area contributed by atoms with E-state index in [1.54, 1.807) is 7.11 Å². The lowest BCUT2D eigenvalue weighted by atomic mass is 10.1. The van der Waals surface area contributed by atoms with Crippen LogP contribution in [0.2, 0.25) is 0 Å². The smallest absolute Gasteiger partial charge is 0.159 e. The van der Waals surface area contributed by atoms with Crippen molar-refractivity contribution >= 4 is 0 Å². The molecule has 0 aliphatic carbocycles. The molecule has 1 aromatic rings. The maximum absolute atomic E-state index is 13.1. The monoisotopic (exact) mass is 258 g/mol.